The third kappa shape index (κ3) is 2.75. The summed E-state index contributed by atoms with van der Waals surface area (Å²) in [6.07, 6.45) is 3.53. The number of hydrazine groups is 1. The van der Waals surface area contributed by atoms with Gasteiger partial charge in [-0.1, -0.05) is 6.92 Å². The first kappa shape index (κ1) is 11.9. The molecule has 17 heavy (non-hydrogen) atoms. The van der Waals surface area contributed by atoms with Gasteiger partial charge in [0, 0.05) is 26.1 Å². The lowest BCUT2D eigenvalue weighted by Crippen LogP contribution is -2.29. The highest BCUT2D eigenvalue weighted by atomic mass is 16.3. The molecule has 1 unspecified atom stereocenters. The molecule has 3 N–H and O–H groups in total. The number of nitrogens with two attached hydrogens (primary N) is 1. The van der Waals surface area contributed by atoms with Crippen molar-refractivity contribution in [2.45, 2.75) is 25.8 Å². The van der Waals surface area contributed by atoms with Gasteiger partial charge in [0.25, 0.3) is 0 Å². The first-order chi connectivity index (χ1) is 8.22. The summed E-state index contributed by atoms with van der Waals surface area (Å²) in [4.78, 5) is 0. The van der Waals surface area contributed by atoms with Crippen LogP contribution in [0.15, 0.2) is 28.8 Å². The molecule has 1 atom stereocenters. The van der Waals surface area contributed by atoms with Crippen LogP contribution in [0.25, 0.3) is 0 Å². The summed E-state index contributed by atoms with van der Waals surface area (Å²) in [5.41, 5.74) is 3.76. The number of hydrogen-bond acceptors (Lipinski definition) is 4. The summed E-state index contributed by atoms with van der Waals surface area (Å²) >= 11 is 0. The van der Waals surface area contributed by atoms with E-state index in [0.29, 0.717) is 6.42 Å². The quantitative estimate of drug-likeness (QED) is 0.605. The van der Waals surface area contributed by atoms with Crippen molar-refractivity contribution in [1.29, 1.82) is 0 Å². The Hall–Kier alpha value is -1.59. The molecule has 0 bridgehead atoms. The number of nitrogens with zero attached hydrogens (tertiary/aromatic N) is 2. The van der Waals surface area contributed by atoms with Gasteiger partial charge in [-0.2, -0.15) is 5.10 Å². The zero-order valence-electron chi connectivity index (χ0n) is 10.2. The summed E-state index contributed by atoms with van der Waals surface area (Å²) in [6.45, 7) is 2.06. The number of hydrogen-bond donors (Lipinski definition) is 2. The summed E-state index contributed by atoms with van der Waals surface area (Å²) in [5.74, 6) is 7.40. The first-order valence-electron chi connectivity index (χ1n) is 5.76. The fourth-order valence-corrected chi connectivity index (χ4v) is 1.79. The van der Waals surface area contributed by atoms with Crippen molar-refractivity contribution in [2.75, 3.05) is 0 Å². The van der Waals surface area contributed by atoms with Gasteiger partial charge in [0.2, 0.25) is 0 Å². The number of rotatable bonds is 5. The highest BCUT2D eigenvalue weighted by molar-refractivity contribution is 5.13. The van der Waals surface area contributed by atoms with Crippen LogP contribution in [0, 0.1) is 0 Å². The second-order valence-corrected chi connectivity index (χ2v) is 4.06. The third-order valence-corrected chi connectivity index (χ3v) is 2.76. The van der Waals surface area contributed by atoms with Crippen LogP contribution in [0.2, 0.25) is 0 Å². The average molecular weight is 234 g/mol. The SMILES string of the molecule is CCc1ccc(C(Cc2ccn(C)n2)NN)o1. The topological polar surface area (TPSA) is 69.0 Å². The standard InChI is InChI=1S/C12H18N4O/c1-3-10-4-5-12(17-10)11(14-13)8-9-6-7-16(2)15-9/h4-7,11,14H,3,8,13H2,1-2H3. The predicted molar refractivity (Wildman–Crippen MR) is 65.1 cm³/mol. The highest BCUT2D eigenvalue weighted by Gasteiger charge is 2.15. The molecule has 5 heteroatoms. The van der Waals surface area contributed by atoms with Crippen molar-refractivity contribution < 1.29 is 4.42 Å². The highest BCUT2D eigenvalue weighted by Crippen LogP contribution is 2.19. The van der Waals surface area contributed by atoms with Gasteiger partial charge >= 0.3 is 0 Å². The largest absolute Gasteiger partial charge is 0.464 e. The van der Waals surface area contributed by atoms with Gasteiger partial charge in [0.15, 0.2) is 0 Å². The van der Waals surface area contributed by atoms with Crippen LogP contribution >= 0.6 is 0 Å². The number of furan rings is 1. The van der Waals surface area contributed by atoms with Crippen LogP contribution in [0.3, 0.4) is 0 Å². The Morgan fingerprint density at radius 3 is 2.82 bits per heavy atom. The van der Waals surface area contributed by atoms with Crippen LogP contribution < -0.4 is 11.3 Å². The average Bonchev–Trinajstić information content (AvgIpc) is 2.94. The monoisotopic (exact) mass is 234 g/mol. The second kappa shape index (κ2) is 5.16. The maximum atomic E-state index is 5.69. The van der Waals surface area contributed by atoms with E-state index in [1.807, 2.05) is 31.4 Å². The van der Waals surface area contributed by atoms with E-state index in [1.165, 1.54) is 0 Å². The molecule has 5 nitrogen and oxygen atoms in total. The minimum Gasteiger partial charge on any atom is -0.464 e. The Bertz CT molecular complexity index is 474. The summed E-state index contributed by atoms with van der Waals surface area (Å²) in [5, 5.41) is 4.33. The second-order valence-electron chi connectivity index (χ2n) is 4.06. The number of aryl methyl sites for hydroxylation is 2. The van der Waals surface area contributed by atoms with E-state index in [4.69, 9.17) is 10.3 Å². The molecular formula is C12H18N4O. The lowest BCUT2D eigenvalue weighted by atomic mass is 10.1. The predicted octanol–water partition coefficient (Wildman–Crippen LogP) is 1.32. The molecule has 2 rings (SSSR count). The third-order valence-electron chi connectivity index (χ3n) is 2.76. The molecule has 0 aliphatic rings. The van der Waals surface area contributed by atoms with Gasteiger partial charge < -0.3 is 4.42 Å². The van der Waals surface area contributed by atoms with Gasteiger partial charge in [-0.05, 0) is 18.2 Å². The number of aromatic nitrogens is 2. The normalized spacial score (nSPS) is 12.9. The van der Waals surface area contributed by atoms with Crippen molar-refractivity contribution in [1.82, 2.24) is 15.2 Å². The molecule has 2 aromatic rings. The maximum Gasteiger partial charge on any atom is 0.122 e. The van der Waals surface area contributed by atoms with Gasteiger partial charge in [0.05, 0.1) is 11.7 Å². The fourth-order valence-electron chi connectivity index (χ4n) is 1.79. The Balaban J connectivity index is 2.10. The fraction of sp³-hybridized carbons (Fsp3) is 0.417. The molecule has 0 spiro atoms. The van der Waals surface area contributed by atoms with E-state index in [2.05, 4.69) is 17.4 Å². The minimum absolute atomic E-state index is 0.0369. The van der Waals surface area contributed by atoms with Crippen molar-refractivity contribution in [3.05, 3.63) is 41.6 Å². The Morgan fingerprint density at radius 1 is 1.47 bits per heavy atom. The smallest absolute Gasteiger partial charge is 0.122 e. The molecule has 0 fully saturated rings. The molecule has 2 heterocycles. The summed E-state index contributed by atoms with van der Waals surface area (Å²) < 4.78 is 7.47. The van der Waals surface area contributed by atoms with Gasteiger partial charge in [-0.3, -0.25) is 10.5 Å². The molecule has 0 aliphatic heterocycles. The van der Waals surface area contributed by atoms with Crippen molar-refractivity contribution in [2.24, 2.45) is 12.9 Å². The lowest BCUT2D eigenvalue weighted by Gasteiger charge is -2.11. The first-order valence-corrected chi connectivity index (χ1v) is 5.76. The zero-order valence-corrected chi connectivity index (χ0v) is 10.2. The van der Waals surface area contributed by atoms with Crippen LogP contribution in [0.4, 0.5) is 0 Å². The van der Waals surface area contributed by atoms with E-state index >= 15 is 0 Å². The molecule has 0 radical (unpaired) electrons. The number of nitrogens with one attached hydrogen (secondary N) is 1. The Morgan fingerprint density at radius 2 is 2.29 bits per heavy atom. The van der Waals surface area contributed by atoms with Crippen LogP contribution in [0.5, 0.6) is 0 Å². The van der Waals surface area contributed by atoms with Gasteiger partial charge in [-0.15, -0.1) is 0 Å². The van der Waals surface area contributed by atoms with Gasteiger partial charge in [-0.25, -0.2) is 5.43 Å². The molecule has 2 aromatic heterocycles. The molecule has 0 saturated carbocycles. The lowest BCUT2D eigenvalue weighted by molar-refractivity contribution is 0.394. The van der Waals surface area contributed by atoms with E-state index in [9.17, 15) is 0 Å². The molecule has 92 valence electrons. The molecule has 0 aromatic carbocycles. The van der Waals surface area contributed by atoms with Crippen LogP contribution in [0.1, 0.15) is 30.2 Å². The molecule has 0 aliphatic carbocycles. The summed E-state index contributed by atoms with van der Waals surface area (Å²) in [7, 11) is 1.90. The van der Waals surface area contributed by atoms with Crippen molar-refractivity contribution in [3.63, 3.8) is 0 Å². The van der Waals surface area contributed by atoms with Crippen LogP contribution in [-0.4, -0.2) is 9.78 Å². The molecular weight excluding hydrogens is 216 g/mol. The van der Waals surface area contributed by atoms with E-state index in [-0.39, 0.29) is 6.04 Å². The van der Waals surface area contributed by atoms with Crippen LogP contribution in [-0.2, 0) is 19.9 Å². The van der Waals surface area contributed by atoms with Crippen molar-refractivity contribution in [3.8, 4) is 0 Å². The van der Waals surface area contributed by atoms with E-state index in [1.54, 1.807) is 4.68 Å². The summed E-state index contributed by atoms with van der Waals surface area (Å²) in [6, 6.07) is 5.89. The molecule has 0 amide bonds. The molecule has 0 saturated heterocycles. The maximum absolute atomic E-state index is 5.69. The zero-order chi connectivity index (χ0) is 12.3. The Kier molecular flexibility index (Phi) is 3.61. The minimum atomic E-state index is -0.0369. The van der Waals surface area contributed by atoms with Gasteiger partial charge in [0.1, 0.15) is 11.5 Å². The van der Waals surface area contributed by atoms with E-state index in [0.717, 1.165) is 23.6 Å². The Labute approximate surface area is 101 Å². The van der Waals surface area contributed by atoms with E-state index < -0.39 is 0 Å². The van der Waals surface area contributed by atoms with Crippen molar-refractivity contribution >= 4 is 0 Å².